The molecule has 0 spiro atoms. The Kier molecular flexibility index (Phi) is 3.74. The van der Waals surface area contributed by atoms with Gasteiger partial charge >= 0.3 is 0 Å². The third-order valence-corrected chi connectivity index (χ3v) is 4.04. The number of nitrogens with two attached hydrogens (primary N) is 1. The Morgan fingerprint density at radius 3 is 2.90 bits per heavy atom. The zero-order valence-corrected chi connectivity index (χ0v) is 12.6. The van der Waals surface area contributed by atoms with Crippen LogP contribution in [0.15, 0.2) is 30.3 Å². The summed E-state index contributed by atoms with van der Waals surface area (Å²) in [7, 11) is 0. The van der Waals surface area contributed by atoms with Crippen molar-refractivity contribution in [3.63, 3.8) is 0 Å². The van der Waals surface area contributed by atoms with Gasteiger partial charge in [0.05, 0.1) is 13.2 Å². The molecule has 21 heavy (non-hydrogen) atoms. The van der Waals surface area contributed by atoms with Gasteiger partial charge in [0.25, 0.3) is 0 Å². The van der Waals surface area contributed by atoms with E-state index in [0.717, 1.165) is 47.8 Å². The number of aryl methyl sites for hydroxylation is 1. The molecule has 3 rings (SSSR count). The van der Waals surface area contributed by atoms with Crippen LogP contribution in [0.2, 0.25) is 0 Å². The maximum Gasteiger partial charge on any atom is 0.127 e. The molecule has 1 aliphatic rings. The maximum absolute atomic E-state index is 5.96. The van der Waals surface area contributed by atoms with E-state index in [1.807, 2.05) is 19.1 Å². The molecule has 0 amide bonds. The molecule has 2 N–H and O–H groups in total. The number of hydrogen-bond acceptors (Lipinski definition) is 3. The van der Waals surface area contributed by atoms with E-state index in [4.69, 9.17) is 15.2 Å². The van der Waals surface area contributed by atoms with Gasteiger partial charge in [-0.1, -0.05) is 18.2 Å². The van der Waals surface area contributed by atoms with Crippen molar-refractivity contribution >= 4 is 5.69 Å². The van der Waals surface area contributed by atoms with Crippen LogP contribution < -0.4 is 15.2 Å². The molecule has 0 atom stereocenters. The lowest BCUT2D eigenvalue weighted by atomic mass is 10.1. The fourth-order valence-electron chi connectivity index (χ4n) is 2.73. The molecule has 0 saturated carbocycles. The van der Waals surface area contributed by atoms with Gasteiger partial charge in [-0.05, 0) is 42.7 Å². The summed E-state index contributed by atoms with van der Waals surface area (Å²) >= 11 is 0. The van der Waals surface area contributed by atoms with Gasteiger partial charge in [-0.25, -0.2) is 0 Å². The second-order valence-electron chi connectivity index (χ2n) is 5.56. The van der Waals surface area contributed by atoms with Crippen molar-refractivity contribution in [1.82, 2.24) is 0 Å². The lowest BCUT2D eigenvalue weighted by Crippen LogP contribution is -2.05. The molecule has 2 aromatic carbocycles. The zero-order valence-electron chi connectivity index (χ0n) is 12.6. The number of anilines is 1. The van der Waals surface area contributed by atoms with Crippen LogP contribution in [-0.2, 0) is 12.8 Å². The fourth-order valence-corrected chi connectivity index (χ4v) is 2.73. The number of ether oxygens (including phenoxy) is 2. The quantitative estimate of drug-likeness (QED) is 0.874. The molecule has 2 aromatic rings. The van der Waals surface area contributed by atoms with Gasteiger partial charge in [-0.3, -0.25) is 0 Å². The highest BCUT2D eigenvalue weighted by atomic mass is 16.5. The summed E-state index contributed by atoms with van der Waals surface area (Å²) in [6, 6.07) is 10.3. The van der Waals surface area contributed by atoms with Crippen LogP contribution in [0.5, 0.6) is 11.5 Å². The summed E-state index contributed by atoms with van der Waals surface area (Å²) < 4.78 is 11.5. The van der Waals surface area contributed by atoms with Crippen molar-refractivity contribution in [2.45, 2.75) is 26.7 Å². The Balaban J connectivity index is 1.65. The molecule has 3 heteroatoms. The molecule has 0 fully saturated rings. The largest absolute Gasteiger partial charge is 0.493 e. The predicted molar refractivity (Wildman–Crippen MR) is 85.2 cm³/mol. The Bertz CT molecular complexity index is 665. The summed E-state index contributed by atoms with van der Waals surface area (Å²) in [4.78, 5) is 0. The van der Waals surface area contributed by atoms with E-state index in [9.17, 15) is 0 Å². The van der Waals surface area contributed by atoms with Crippen molar-refractivity contribution in [3.05, 3.63) is 52.6 Å². The topological polar surface area (TPSA) is 44.5 Å². The van der Waals surface area contributed by atoms with E-state index in [2.05, 4.69) is 25.1 Å². The van der Waals surface area contributed by atoms with E-state index in [1.54, 1.807) is 0 Å². The van der Waals surface area contributed by atoms with Crippen LogP contribution >= 0.6 is 0 Å². The average Bonchev–Trinajstić information content (AvgIpc) is 2.94. The summed E-state index contributed by atoms with van der Waals surface area (Å²) in [5.41, 5.74) is 11.5. The Morgan fingerprint density at radius 1 is 1.19 bits per heavy atom. The fraction of sp³-hybridized carbons (Fsp3) is 0.333. The Labute approximate surface area is 125 Å². The highest BCUT2D eigenvalue weighted by Crippen LogP contribution is 2.28. The van der Waals surface area contributed by atoms with Crippen molar-refractivity contribution in [1.29, 1.82) is 0 Å². The number of nitrogen functional groups attached to an aromatic ring is 1. The molecule has 0 aromatic heterocycles. The molecular formula is C18H21NO2. The molecule has 1 heterocycles. The van der Waals surface area contributed by atoms with E-state index >= 15 is 0 Å². The van der Waals surface area contributed by atoms with E-state index in [0.29, 0.717) is 6.61 Å². The van der Waals surface area contributed by atoms with Gasteiger partial charge in [-0.2, -0.15) is 0 Å². The first-order valence-electron chi connectivity index (χ1n) is 7.38. The Morgan fingerprint density at radius 2 is 2.05 bits per heavy atom. The normalized spacial score (nSPS) is 12.9. The summed E-state index contributed by atoms with van der Waals surface area (Å²) in [6.07, 6.45) is 1.90. The second kappa shape index (κ2) is 5.68. The summed E-state index contributed by atoms with van der Waals surface area (Å²) in [6.45, 7) is 5.51. The Hall–Kier alpha value is -2.16. The van der Waals surface area contributed by atoms with E-state index in [1.165, 1.54) is 11.1 Å². The monoisotopic (exact) mass is 283 g/mol. The molecular weight excluding hydrogens is 262 g/mol. The zero-order chi connectivity index (χ0) is 14.8. The highest BCUT2D eigenvalue weighted by Gasteiger charge is 2.12. The van der Waals surface area contributed by atoms with Crippen molar-refractivity contribution in [2.75, 3.05) is 18.9 Å². The highest BCUT2D eigenvalue weighted by molar-refractivity contribution is 5.56. The van der Waals surface area contributed by atoms with Crippen LogP contribution in [0.4, 0.5) is 5.69 Å². The summed E-state index contributed by atoms with van der Waals surface area (Å²) in [5, 5.41) is 0. The smallest absolute Gasteiger partial charge is 0.127 e. The molecule has 1 aliphatic heterocycles. The van der Waals surface area contributed by atoms with Gasteiger partial charge in [0, 0.05) is 24.1 Å². The van der Waals surface area contributed by atoms with Crippen LogP contribution in [0.3, 0.4) is 0 Å². The lowest BCUT2D eigenvalue weighted by Gasteiger charge is -2.14. The lowest BCUT2D eigenvalue weighted by molar-refractivity contribution is 0.318. The van der Waals surface area contributed by atoms with Gasteiger partial charge in [0.15, 0.2) is 0 Å². The van der Waals surface area contributed by atoms with Crippen molar-refractivity contribution in [2.24, 2.45) is 0 Å². The summed E-state index contributed by atoms with van der Waals surface area (Å²) in [5.74, 6) is 1.95. The average molecular weight is 283 g/mol. The van der Waals surface area contributed by atoms with Crippen LogP contribution in [0, 0.1) is 13.8 Å². The third kappa shape index (κ3) is 2.82. The first kappa shape index (κ1) is 13.8. The van der Waals surface area contributed by atoms with Gasteiger partial charge in [0.2, 0.25) is 0 Å². The molecule has 0 unspecified atom stereocenters. The second-order valence-corrected chi connectivity index (χ2v) is 5.56. The first-order chi connectivity index (χ1) is 10.1. The first-order valence-corrected chi connectivity index (χ1v) is 7.38. The van der Waals surface area contributed by atoms with Gasteiger partial charge in [0.1, 0.15) is 11.5 Å². The molecule has 0 saturated heterocycles. The van der Waals surface area contributed by atoms with Crippen molar-refractivity contribution < 1.29 is 9.47 Å². The SMILES string of the molecule is Cc1ccc(N)c(C)c1OCCc1ccc2c(c1)CCO2. The molecule has 110 valence electrons. The minimum absolute atomic E-state index is 0.658. The number of benzene rings is 2. The predicted octanol–water partition coefficient (Wildman–Crippen LogP) is 3.44. The van der Waals surface area contributed by atoms with Crippen LogP contribution in [0.1, 0.15) is 22.3 Å². The number of hydrogen-bond donors (Lipinski definition) is 1. The maximum atomic E-state index is 5.96. The molecule has 3 nitrogen and oxygen atoms in total. The molecule has 0 radical (unpaired) electrons. The van der Waals surface area contributed by atoms with E-state index < -0.39 is 0 Å². The minimum Gasteiger partial charge on any atom is -0.493 e. The molecule has 0 aliphatic carbocycles. The van der Waals surface area contributed by atoms with Crippen molar-refractivity contribution in [3.8, 4) is 11.5 Å². The van der Waals surface area contributed by atoms with Crippen LogP contribution in [-0.4, -0.2) is 13.2 Å². The van der Waals surface area contributed by atoms with Gasteiger partial charge < -0.3 is 15.2 Å². The number of fused-ring (bicyclic) bond motifs is 1. The standard InChI is InChI=1S/C18H21NO2/c1-12-3-5-16(19)13(2)18(12)21-9-7-14-4-6-17-15(11-14)8-10-20-17/h3-6,11H,7-10,19H2,1-2H3. The molecule has 0 bridgehead atoms. The number of rotatable bonds is 4. The third-order valence-electron chi connectivity index (χ3n) is 4.04. The minimum atomic E-state index is 0.658. The van der Waals surface area contributed by atoms with Crippen LogP contribution in [0.25, 0.3) is 0 Å². The van der Waals surface area contributed by atoms with Gasteiger partial charge in [-0.15, -0.1) is 0 Å². The van der Waals surface area contributed by atoms with E-state index in [-0.39, 0.29) is 0 Å².